The highest BCUT2D eigenvalue weighted by molar-refractivity contribution is 5.92. The highest BCUT2D eigenvalue weighted by Crippen LogP contribution is 2.18. The number of hydrogen-bond donors (Lipinski definition) is 1. The average Bonchev–Trinajstić information content (AvgIpc) is 2.34. The predicted molar refractivity (Wildman–Crippen MR) is 68.2 cm³/mol. The molecule has 0 amide bonds. The van der Waals surface area contributed by atoms with E-state index in [2.05, 4.69) is 0 Å². The number of nitro groups is 1. The van der Waals surface area contributed by atoms with Crippen molar-refractivity contribution in [1.82, 2.24) is 0 Å². The van der Waals surface area contributed by atoms with Crippen molar-refractivity contribution in [1.29, 1.82) is 0 Å². The van der Waals surface area contributed by atoms with Gasteiger partial charge in [-0.25, -0.2) is 4.79 Å². The zero-order chi connectivity index (χ0) is 13.5. The molecule has 0 aliphatic heterocycles. The van der Waals surface area contributed by atoms with Gasteiger partial charge in [-0.2, -0.15) is 0 Å². The van der Waals surface area contributed by atoms with Crippen LogP contribution in [0.15, 0.2) is 29.8 Å². The molecule has 1 rings (SSSR count). The molecule has 0 saturated carbocycles. The third-order valence-electron chi connectivity index (χ3n) is 2.50. The summed E-state index contributed by atoms with van der Waals surface area (Å²) < 4.78 is 0. The Morgan fingerprint density at radius 1 is 1.50 bits per heavy atom. The minimum atomic E-state index is -0.977. The van der Waals surface area contributed by atoms with Crippen molar-refractivity contribution in [2.24, 2.45) is 0 Å². The summed E-state index contributed by atoms with van der Waals surface area (Å²) in [6, 6.07) is 5.95. The van der Waals surface area contributed by atoms with E-state index in [-0.39, 0.29) is 11.3 Å². The molecule has 0 unspecified atom stereocenters. The molecule has 0 bridgehead atoms. The second-order valence-corrected chi connectivity index (χ2v) is 3.93. The van der Waals surface area contributed by atoms with E-state index in [9.17, 15) is 14.9 Å². The van der Waals surface area contributed by atoms with Crippen LogP contribution < -0.4 is 0 Å². The molecule has 5 heteroatoms. The Bertz CT molecular complexity index is 480. The van der Waals surface area contributed by atoms with Gasteiger partial charge in [-0.3, -0.25) is 10.1 Å². The molecule has 1 aromatic rings. The van der Waals surface area contributed by atoms with E-state index >= 15 is 0 Å². The van der Waals surface area contributed by atoms with Crippen LogP contribution in [0.5, 0.6) is 0 Å². The molecule has 0 aliphatic rings. The van der Waals surface area contributed by atoms with E-state index in [0.717, 1.165) is 12.8 Å². The lowest BCUT2D eigenvalue weighted by atomic mass is 10.1. The van der Waals surface area contributed by atoms with Gasteiger partial charge >= 0.3 is 5.97 Å². The van der Waals surface area contributed by atoms with E-state index < -0.39 is 10.9 Å². The van der Waals surface area contributed by atoms with E-state index in [0.29, 0.717) is 12.0 Å². The number of unbranched alkanes of at least 4 members (excludes halogenated alkanes) is 1. The Hall–Kier alpha value is -2.17. The standard InChI is InChI=1S/C13H15NO4/c1-2-3-6-11(13(15)16)8-10-5-4-7-12(9-10)14(17)18/h4-5,7-9H,2-3,6H2,1H3,(H,15,16). The summed E-state index contributed by atoms with van der Waals surface area (Å²) in [7, 11) is 0. The fourth-order valence-electron chi connectivity index (χ4n) is 1.54. The number of rotatable bonds is 6. The number of carbonyl (C=O) groups is 1. The third kappa shape index (κ3) is 4.01. The Morgan fingerprint density at radius 3 is 2.78 bits per heavy atom. The molecule has 96 valence electrons. The first-order chi connectivity index (χ1) is 8.54. The highest BCUT2D eigenvalue weighted by atomic mass is 16.6. The molecular weight excluding hydrogens is 234 g/mol. The summed E-state index contributed by atoms with van der Waals surface area (Å²) in [5.41, 5.74) is 0.777. The van der Waals surface area contributed by atoms with Gasteiger partial charge in [0.05, 0.1) is 4.92 Å². The van der Waals surface area contributed by atoms with Crippen LogP contribution in [0.2, 0.25) is 0 Å². The zero-order valence-corrected chi connectivity index (χ0v) is 10.1. The lowest BCUT2D eigenvalue weighted by Crippen LogP contribution is -2.00. The van der Waals surface area contributed by atoms with Crippen molar-refractivity contribution in [2.75, 3.05) is 0 Å². The van der Waals surface area contributed by atoms with Gasteiger partial charge in [0.15, 0.2) is 0 Å². The molecule has 0 aromatic heterocycles. The second kappa shape index (κ2) is 6.54. The first-order valence-corrected chi connectivity index (χ1v) is 5.73. The van der Waals surface area contributed by atoms with Crippen molar-refractivity contribution >= 4 is 17.7 Å². The molecular formula is C13H15NO4. The number of carboxylic acid groups (broad SMARTS) is 1. The number of non-ortho nitro benzene ring substituents is 1. The summed E-state index contributed by atoms with van der Waals surface area (Å²) in [5, 5.41) is 19.7. The molecule has 1 N–H and O–H groups in total. The van der Waals surface area contributed by atoms with Crippen molar-refractivity contribution in [3.05, 3.63) is 45.5 Å². The number of carboxylic acids is 1. The molecule has 0 radical (unpaired) electrons. The van der Waals surface area contributed by atoms with E-state index in [1.807, 2.05) is 6.92 Å². The first-order valence-electron chi connectivity index (χ1n) is 5.73. The topological polar surface area (TPSA) is 80.4 Å². The molecule has 0 spiro atoms. The average molecular weight is 249 g/mol. The van der Waals surface area contributed by atoms with Gasteiger partial charge in [-0.05, 0) is 24.5 Å². The largest absolute Gasteiger partial charge is 0.478 e. The lowest BCUT2D eigenvalue weighted by molar-refractivity contribution is -0.384. The van der Waals surface area contributed by atoms with E-state index in [1.165, 1.54) is 18.2 Å². The predicted octanol–water partition coefficient (Wildman–Crippen LogP) is 3.25. The lowest BCUT2D eigenvalue weighted by Gasteiger charge is -2.01. The number of nitrogens with zero attached hydrogens (tertiary/aromatic N) is 1. The molecule has 18 heavy (non-hydrogen) atoms. The maximum atomic E-state index is 11.0. The number of hydrogen-bond acceptors (Lipinski definition) is 3. The minimum absolute atomic E-state index is 0.0380. The van der Waals surface area contributed by atoms with Crippen LogP contribution >= 0.6 is 0 Å². The molecule has 0 heterocycles. The van der Waals surface area contributed by atoms with Crippen molar-refractivity contribution < 1.29 is 14.8 Å². The van der Waals surface area contributed by atoms with Crippen molar-refractivity contribution in [3.63, 3.8) is 0 Å². The number of benzene rings is 1. The molecule has 0 saturated heterocycles. The van der Waals surface area contributed by atoms with Crippen LogP contribution in [0.3, 0.4) is 0 Å². The molecule has 0 aliphatic carbocycles. The van der Waals surface area contributed by atoms with Crippen LogP contribution in [-0.4, -0.2) is 16.0 Å². The van der Waals surface area contributed by atoms with Crippen LogP contribution in [0.1, 0.15) is 31.7 Å². The van der Waals surface area contributed by atoms with E-state index in [4.69, 9.17) is 5.11 Å². The van der Waals surface area contributed by atoms with Gasteiger partial charge in [0.2, 0.25) is 0 Å². The third-order valence-corrected chi connectivity index (χ3v) is 2.50. The Labute approximate surface area is 105 Å². The molecule has 1 aromatic carbocycles. The van der Waals surface area contributed by atoms with Gasteiger partial charge < -0.3 is 5.11 Å². The van der Waals surface area contributed by atoms with Crippen LogP contribution in [0, 0.1) is 10.1 Å². The minimum Gasteiger partial charge on any atom is -0.478 e. The number of aliphatic carboxylic acids is 1. The van der Waals surface area contributed by atoms with Gasteiger partial charge in [-0.1, -0.05) is 25.5 Å². The monoisotopic (exact) mass is 249 g/mol. The Kier molecular flexibility index (Phi) is 5.05. The van der Waals surface area contributed by atoms with Crippen LogP contribution in [0.25, 0.3) is 6.08 Å². The van der Waals surface area contributed by atoms with Crippen molar-refractivity contribution in [3.8, 4) is 0 Å². The van der Waals surface area contributed by atoms with Crippen LogP contribution in [-0.2, 0) is 4.79 Å². The quantitative estimate of drug-likeness (QED) is 0.476. The van der Waals surface area contributed by atoms with Gasteiger partial charge in [0, 0.05) is 17.7 Å². The van der Waals surface area contributed by atoms with Gasteiger partial charge in [-0.15, -0.1) is 0 Å². The Balaban J connectivity index is 3.00. The molecule has 0 atom stereocenters. The SMILES string of the molecule is CCCCC(=Cc1cccc([N+](=O)[O-])c1)C(=O)O. The van der Waals surface area contributed by atoms with E-state index in [1.54, 1.807) is 12.1 Å². The molecule has 5 nitrogen and oxygen atoms in total. The summed E-state index contributed by atoms with van der Waals surface area (Å²) >= 11 is 0. The summed E-state index contributed by atoms with van der Waals surface area (Å²) in [5.74, 6) is -0.977. The Morgan fingerprint density at radius 2 is 2.22 bits per heavy atom. The first kappa shape index (κ1) is 13.9. The second-order valence-electron chi connectivity index (χ2n) is 3.93. The van der Waals surface area contributed by atoms with Crippen LogP contribution in [0.4, 0.5) is 5.69 Å². The van der Waals surface area contributed by atoms with Crippen molar-refractivity contribution in [2.45, 2.75) is 26.2 Å². The fraction of sp³-hybridized carbons (Fsp3) is 0.308. The maximum absolute atomic E-state index is 11.0. The summed E-state index contributed by atoms with van der Waals surface area (Å²) in [4.78, 5) is 21.1. The summed E-state index contributed by atoms with van der Waals surface area (Å²) in [6.45, 7) is 1.98. The summed E-state index contributed by atoms with van der Waals surface area (Å²) in [6.07, 6.45) is 3.64. The fourth-order valence-corrected chi connectivity index (χ4v) is 1.54. The normalized spacial score (nSPS) is 11.3. The van der Waals surface area contributed by atoms with Gasteiger partial charge in [0.25, 0.3) is 5.69 Å². The highest BCUT2D eigenvalue weighted by Gasteiger charge is 2.09. The molecule has 0 fully saturated rings. The smallest absolute Gasteiger partial charge is 0.331 e. The number of nitro benzene ring substituents is 1. The maximum Gasteiger partial charge on any atom is 0.331 e. The van der Waals surface area contributed by atoms with Gasteiger partial charge in [0.1, 0.15) is 0 Å². The zero-order valence-electron chi connectivity index (χ0n) is 10.1.